The Bertz CT molecular complexity index is 627. The molecule has 0 aliphatic heterocycles. The number of primary amides is 1. The van der Waals surface area contributed by atoms with Gasteiger partial charge in [0, 0.05) is 11.5 Å². The van der Waals surface area contributed by atoms with Crippen LogP contribution >= 0.6 is 15.9 Å². The molecule has 0 bridgehead atoms. The van der Waals surface area contributed by atoms with E-state index in [1.54, 1.807) is 24.3 Å². The molecule has 1 amide bonds. The van der Waals surface area contributed by atoms with Crippen LogP contribution < -0.4 is 11.4 Å². The summed E-state index contributed by atoms with van der Waals surface area (Å²) in [7, 11) is 1.45. The Morgan fingerprint density at radius 2 is 1.94 bits per heavy atom. The molecule has 6 nitrogen and oxygen atoms in total. The first kappa shape index (κ1) is 11.6. The Hall–Kier alpha value is -1.89. The molecular formula is C10H9BrN4O2. The van der Waals surface area contributed by atoms with Crippen LogP contribution in [-0.2, 0) is 7.05 Å². The Kier molecular flexibility index (Phi) is 2.84. The third-order valence-electron chi connectivity index (χ3n) is 2.27. The molecule has 1 aromatic carbocycles. The van der Waals surface area contributed by atoms with Crippen molar-refractivity contribution in [3.8, 4) is 5.69 Å². The minimum atomic E-state index is -0.736. The van der Waals surface area contributed by atoms with Crippen LogP contribution in [0.1, 0.15) is 10.6 Å². The number of carbonyl (C=O) groups is 1. The van der Waals surface area contributed by atoms with Crippen molar-refractivity contribution in [2.45, 2.75) is 0 Å². The number of hydrogen-bond acceptors (Lipinski definition) is 3. The van der Waals surface area contributed by atoms with Crippen molar-refractivity contribution in [1.82, 2.24) is 14.3 Å². The zero-order valence-electron chi connectivity index (χ0n) is 8.92. The number of halogens is 1. The lowest BCUT2D eigenvalue weighted by Gasteiger charge is -1.98. The highest BCUT2D eigenvalue weighted by molar-refractivity contribution is 9.10. The van der Waals surface area contributed by atoms with Gasteiger partial charge in [-0.05, 0) is 24.3 Å². The Balaban J connectivity index is 2.61. The summed E-state index contributed by atoms with van der Waals surface area (Å²) in [5, 5.41) is 3.89. The largest absolute Gasteiger partial charge is 0.363 e. The Morgan fingerprint density at radius 1 is 1.35 bits per heavy atom. The van der Waals surface area contributed by atoms with Crippen molar-refractivity contribution < 1.29 is 4.79 Å². The van der Waals surface area contributed by atoms with Gasteiger partial charge in [-0.3, -0.25) is 9.36 Å². The van der Waals surface area contributed by atoms with Gasteiger partial charge < -0.3 is 5.73 Å². The summed E-state index contributed by atoms with van der Waals surface area (Å²) in [6, 6.07) is 6.98. The summed E-state index contributed by atoms with van der Waals surface area (Å²) < 4.78 is 3.14. The van der Waals surface area contributed by atoms with E-state index in [2.05, 4.69) is 21.0 Å². The van der Waals surface area contributed by atoms with Gasteiger partial charge in [0.2, 0.25) is 5.82 Å². The molecule has 2 N–H and O–H groups in total. The molecule has 0 saturated heterocycles. The zero-order chi connectivity index (χ0) is 12.6. The summed E-state index contributed by atoms with van der Waals surface area (Å²) in [4.78, 5) is 22.9. The first-order valence-electron chi connectivity index (χ1n) is 4.72. The van der Waals surface area contributed by atoms with Gasteiger partial charge in [0.25, 0.3) is 5.91 Å². The zero-order valence-corrected chi connectivity index (χ0v) is 10.5. The smallest absolute Gasteiger partial charge is 0.350 e. The normalized spacial score (nSPS) is 10.5. The van der Waals surface area contributed by atoms with E-state index in [-0.39, 0.29) is 5.82 Å². The van der Waals surface area contributed by atoms with E-state index < -0.39 is 11.6 Å². The minimum absolute atomic E-state index is 0.0714. The fourth-order valence-corrected chi connectivity index (χ4v) is 1.67. The number of benzene rings is 1. The predicted molar refractivity (Wildman–Crippen MR) is 65.0 cm³/mol. The van der Waals surface area contributed by atoms with Crippen molar-refractivity contribution in [3.63, 3.8) is 0 Å². The highest BCUT2D eigenvalue weighted by Gasteiger charge is 2.15. The second kappa shape index (κ2) is 4.17. The van der Waals surface area contributed by atoms with E-state index in [1.807, 2.05) is 0 Å². The molecule has 0 atom stereocenters. The van der Waals surface area contributed by atoms with Crippen molar-refractivity contribution in [3.05, 3.63) is 45.0 Å². The SMILES string of the molecule is Cn1c(C(N)=O)nn(-c2ccc(Br)cc2)c1=O. The van der Waals surface area contributed by atoms with Crippen LogP contribution in [0, 0.1) is 0 Å². The Morgan fingerprint density at radius 3 is 2.41 bits per heavy atom. The number of hydrogen-bond donors (Lipinski definition) is 1. The molecule has 0 unspecified atom stereocenters. The summed E-state index contributed by atoms with van der Waals surface area (Å²) in [6.07, 6.45) is 0. The first-order chi connectivity index (χ1) is 8.00. The molecule has 2 aromatic rings. The third-order valence-corrected chi connectivity index (χ3v) is 2.80. The van der Waals surface area contributed by atoms with E-state index in [1.165, 1.54) is 7.05 Å². The van der Waals surface area contributed by atoms with Gasteiger partial charge in [-0.2, -0.15) is 4.68 Å². The topological polar surface area (TPSA) is 82.9 Å². The summed E-state index contributed by atoms with van der Waals surface area (Å²) in [5.41, 5.74) is 5.27. The van der Waals surface area contributed by atoms with Crippen LogP contribution in [0.5, 0.6) is 0 Å². The van der Waals surface area contributed by atoms with E-state index in [0.717, 1.165) is 13.7 Å². The van der Waals surface area contributed by atoms with Gasteiger partial charge in [0.05, 0.1) is 5.69 Å². The number of aromatic nitrogens is 3. The quantitative estimate of drug-likeness (QED) is 0.872. The third kappa shape index (κ3) is 2.01. The average molecular weight is 297 g/mol. The van der Waals surface area contributed by atoms with E-state index in [4.69, 9.17) is 5.73 Å². The standard InChI is InChI=1S/C10H9BrN4O2/c1-14-9(8(12)16)13-15(10(14)17)7-4-2-6(11)3-5-7/h2-5H,1H3,(H2,12,16). The van der Waals surface area contributed by atoms with Crippen molar-refractivity contribution in [2.24, 2.45) is 12.8 Å². The van der Waals surface area contributed by atoms with Gasteiger partial charge in [-0.1, -0.05) is 15.9 Å². The maximum absolute atomic E-state index is 11.8. The molecule has 17 heavy (non-hydrogen) atoms. The Labute approximate surface area is 105 Å². The molecule has 1 aromatic heterocycles. The second-order valence-electron chi connectivity index (χ2n) is 3.42. The van der Waals surface area contributed by atoms with E-state index >= 15 is 0 Å². The van der Waals surface area contributed by atoms with Crippen molar-refractivity contribution in [1.29, 1.82) is 0 Å². The van der Waals surface area contributed by atoms with Crippen LogP contribution in [0.2, 0.25) is 0 Å². The van der Waals surface area contributed by atoms with Crippen LogP contribution in [-0.4, -0.2) is 20.3 Å². The van der Waals surface area contributed by atoms with Gasteiger partial charge in [0.1, 0.15) is 0 Å². The van der Waals surface area contributed by atoms with Gasteiger partial charge in [-0.15, -0.1) is 5.10 Å². The van der Waals surface area contributed by atoms with E-state index in [9.17, 15) is 9.59 Å². The molecule has 0 radical (unpaired) electrons. The summed E-state index contributed by atoms with van der Waals surface area (Å²) >= 11 is 3.29. The molecule has 0 saturated carbocycles. The predicted octanol–water partition coefficient (Wildman–Crippen LogP) is 0.432. The number of carbonyl (C=O) groups excluding carboxylic acids is 1. The molecule has 1 heterocycles. The van der Waals surface area contributed by atoms with Crippen molar-refractivity contribution in [2.75, 3.05) is 0 Å². The molecule has 7 heteroatoms. The van der Waals surface area contributed by atoms with Gasteiger partial charge >= 0.3 is 5.69 Å². The number of amides is 1. The fraction of sp³-hybridized carbons (Fsp3) is 0.100. The molecule has 0 spiro atoms. The van der Waals surface area contributed by atoms with Crippen LogP contribution in [0.4, 0.5) is 0 Å². The summed E-state index contributed by atoms with van der Waals surface area (Å²) in [5.74, 6) is -0.807. The van der Waals surface area contributed by atoms with Gasteiger partial charge in [-0.25, -0.2) is 4.79 Å². The van der Waals surface area contributed by atoms with Crippen molar-refractivity contribution >= 4 is 21.8 Å². The maximum Gasteiger partial charge on any atom is 0.350 e. The lowest BCUT2D eigenvalue weighted by molar-refractivity contribution is 0.0986. The van der Waals surface area contributed by atoms with Crippen LogP contribution in [0.15, 0.2) is 33.5 Å². The first-order valence-corrected chi connectivity index (χ1v) is 5.52. The van der Waals surface area contributed by atoms with Gasteiger partial charge in [0.15, 0.2) is 0 Å². The van der Waals surface area contributed by atoms with Crippen LogP contribution in [0.25, 0.3) is 5.69 Å². The van der Waals surface area contributed by atoms with Crippen LogP contribution in [0.3, 0.4) is 0 Å². The lowest BCUT2D eigenvalue weighted by Crippen LogP contribution is -2.24. The number of nitrogens with zero attached hydrogens (tertiary/aromatic N) is 3. The minimum Gasteiger partial charge on any atom is -0.363 e. The average Bonchev–Trinajstić information content (AvgIpc) is 2.58. The number of nitrogens with two attached hydrogens (primary N) is 1. The molecule has 2 rings (SSSR count). The lowest BCUT2D eigenvalue weighted by atomic mass is 10.3. The fourth-order valence-electron chi connectivity index (χ4n) is 1.40. The monoisotopic (exact) mass is 296 g/mol. The molecule has 0 fully saturated rings. The maximum atomic E-state index is 11.8. The number of rotatable bonds is 2. The summed E-state index contributed by atoms with van der Waals surface area (Å²) in [6.45, 7) is 0. The highest BCUT2D eigenvalue weighted by atomic mass is 79.9. The molecule has 0 aliphatic rings. The molecular weight excluding hydrogens is 288 g/mol. The second-order valence-corrected chi connectivity index (χ2v) is 4.33. The van der Waals surface area contributed by atoms with E-state index in [0.29, 0.717) is 5.69 Å². The molecule has 0 aliphatic carbocycles. The highest BCUT2D eigenvalue weighted by Crippen LogP contribution is 2.12. The molecule has 88 valence electrons.